The number of aromatic nitrogens is 1. The van der Waals surface area contributed by atoms with E-state index in [4.69, 9.17) is 23.7 Å². The molecule has 1 heterocycles. The molecule has 2 aromatic rings. The van der Waals surface area contributed by atoms with E-state index in [1.165, 1.54) is 0 Å². The summed E-state index contributed by atoms with van der Waals surface area (Å²) in [6, 6.07) is 9.42. The number of primary amides is 1. The van der Waals surface area contributed by atoms with Gasteiger partial charge in [0.05, 0.1) is 10.9 Å². The number of nitrogens with zero attached hydrogens (tertiary/aromatic N) is 1. The van der Waals surface area contributed by atoms with E-state index >= 15 is 0 Å². The molecule has 0 saturated carbocycles. The molecule has 2 rings (SSSR count). The highest BCUT2D eigenvalue weighted by atomic mass is 32.1. The Bertz CT molecular complexity index is 712. The molecule has 0 aliphatic carbocycles. The lowest BCUT2D eigenvalue weighted by Crippen LogP contribution is -2.37. The molecule has 1 aromatic heterocycles. The predicted octanol–water partition coefficient (Wildman–Crippen LogP) is 1.79. The lowest BCUT2D eigenvalue weighted by atomic mass is 9.93. The number of amides is 1. The summed E-state index contributed by atoms with van der Waals surface area (Å²) in [5.41, 5.74) is 12.0. The van der Waals surface area contributed by atoms with Gasteiger partial charge in [0, 0.05) is 17.5 Å². The van der Waals surface area contributed by atoms with Crippen molar-refractivity contribution in [1.29, 1.82) is 0 Å². The van der Waals surface area contributed by atoms with Gasteiger partial charge in [-0.2, -0.15) is 0 Å². The average Bonchev–Trinajstić information content (AvgIpc) is 2.44. The van der Waals surface area contributed by atoms with E-state index in [1.807, 2.05) is 24.3 Å². The summed E-state index contributed by atoms with van der Waals surface area (Å²) < 4.78 is 0. The van der Waals surface area contributed by atoms with E-state index in [9.17, 15) is 4.79 Å². The summed E-state index contributed by atoms with van der Waals surface area (Å²) in [6.45, 7) is 3.93. The van der Waals surface area contributed by atoms with Gasteiger partial charge in [-0.3, -0.25) is 4.79 Å². The fourth-order valence-corrected chi connectivity index (χ4v) is 2.04. The summed E-state index contributed by atoms with van der Waals surface area (Å²) in [6.07, 6.45) is 0. The maximum absolute atomic E-state index is 11.4. The first kappa shape index (κ1) is 15.2. The molecular weight excluding hydrogens is 284 g/mol. The first-order valence-electron chi connectivity index (χ1n) is 6.54. The zero-order valence-electron chi connectivity index (χ0n) is 12.0. The zero-order chi connectivity index (χ0) is 15.6. The second-order valence-electron chi connectivity index (χ2n) is 5.54. The molecule has 1 aromatic carbocycles. The molecule has 0 unspecified atom stereocenters. The zero-order valence-corrected chi connectivity index (χ0v) is 12.8. The fraction of sp³-hybridized carbons (Fsp3) is 0.267. The van der Waals surface area contributed by atoms with E-state index in [1.54, 1.807) is 19.9 Å². The first-order chi connectivity index (χ1) is 9.81. The lowest BCUT2D eigenvalue weighted by molar-refractivity contribution is -0.125. The first-order valence-corrected chi connectivity index (χ1v) is 6.95. The van der Waals surface area contributed by atoms with Crippen LogP contribution in [0.2, 0.25) is 0 Å². The molecule has 6 heteroatoms. The number of thiocarbonyl (C=S) groups is 1. The molecule has 0 aliphatic rings. The normalized spacial score (nSPS) is 11.3. The van der Waals surface area contributed by atoms with Crippen LogP contribution in [-0.4, -0.2) is 22.4 Å². The summed E-state index contributed by atoms with van der Waals surface area (Å²) >= 11 is 5.10. The van der Waals surface area contributed by atoms with Gasteiger partial charge >= 0.3 is 0 Å². The smallest absolute Gasteiger partial charge is 0.224 e. The van der Waals surface area contributed by atoms with E-state index in [2.05, 4.69) is 10.3 Å². The Morgan fingerprint density at radius 2 is 2.00 bits per heavy atom. The minimum absolute atomic E-state index is 0.311. The number of rotatable bonds is 5. The highest BCUT2D eigenvalue weighted by Gasteiger charge is 2.24. The molecule has 110 valence electrons. The van der Waals surface area contributed by atoms with Crippen molar-refractivity contribution >= 4 is 39.8 Å². The fourth-order valence-electron chi connectivity index (χ4n) is 1.87. The van der Waals surface area contributed by atoms with Gasteiger partial charge in [0.25, 0.3) is 0 Å². The molecule has 0 spiro atoms. The average molecular weight is 302 g/mol. The Morgan fingerprint density at radius 3 is 2.62 bits per heavy atom. The van der Waals surface area contributed by atoms with Crippen molar-refractivity contribution in [3.63, 3.8) is 0 Å². The topological polar surface area (TPSA) is 94.0 Å². The number of para-hydroxylation sites is 1. The minimum atomic E-state index is -0.670. The maximum Gasteiger partial charge on any atom is 0.224 e. The predicted molar refractivity (Wildman–Crippen MR) is 89.1 cm³/mol. The third-order valence-electron chi connectivity index (χ3n) is 3.36. The number of carbonyl (C=O) groups excluding carboxylic acids is 1. The Hall–Kier alpha value is -2.21. The lowest BCUT2D eigenvalue weighted by Gasteiger charge is -2.21. The Labute approximate surface area is 128 Å². The van der Waals surface area contributed by atoms with Crippen molar-refractivity contribution in [1.82, 2.24) is 4.98 Å². The van der Waals surface area contributed by atoms with Crippen molar-refractivity contribution < 1.29 is 4.79 Å². The standard InChI is InChI=1S/C15H18N4OS/c1-15(2,14(17)20)8-18-12-7-10(13(16)21)9-5-3-4-6-11(9)19-12/h3-7H,8H2,1-2H3,(H2,16,21)(H2,17,20)(H,18,19). The Balaban J connectivity index is 2.37. The summed E-state index contributed by atoms with van der Waals surface area (Å²) in [5.74, 6) is 0.246. The SMILES string of the molecule is CC(C)(CNc1cc(C(N)=S)c2ccccc2n1)C(N)=O. The van der Waals surface area contributed by atoms with Crippen LogP contribution in [0.3, 0.4) is 0 Å². The van der Waals surface area contributed by atoms with Crippen molar-refractivity contribution in [2.45, 2.75) is 13.8 Å². The molecular formula is C15H18N4OS. The number of benzene rings is 1. The molecule has 5 N–H and O–H groups in total. The van der Waals surface area contributed by atoms with Gasteiger partial charge in [0.1, 0.15) is 10.8 Å². The number of fused-ring (bicyclic) bond motifs is 1. The third kappa shape index (κ3) is 3.28. The number of pyridine rings is 1. The summed E-state index contributed by atoms with van der Waals surface area (Å²) in [7, 11) is 0. The second kappa shape index (κ2) is 5.65. The number of carbonyl (C=O) groups is 1. The molecule has 0 radical (unpaired) electrons. The van der Waals surface area contributed by atoms with Crippen LogP contribution in [0.1, 0.15) is 19.4 Å². The van der Waals surface area contributed by atoms with Gasteiger partial charge in [-0.1, -0.05) is 30.4 Å². The number of nitrogens with two attached hydrogens (primary N) is 2. The van der Waals surface area contributed by atoms with Crippen LogP contribution < -0.4 is 16.8 Å². The maximum atomic E-state index is 11.4. The highest BCUT2D eigenvalue weighted by molar-refractivity contribution is 7.80. The van der Waals surface area contributed by atoms with Gasteiger partial charge in [0.2, 0.25) is 5.91 Å². The molecule has 5 nitrogen and oxygen atoms in total. The number of hydrogen-bond acceptors (Lipinski definition) is 4. The van der Waals surface area contributed by atoms with E-state index < -0.39 is 5.41 Å². The van der Waals surface area contributed by atoms with Crippen LogP contribution in [0.5, 0.6) is 0 Å². The van der Waals surface area contributed by atoms with Crippen molar-refractivity contribution in [2.75, 3.05) is 11.9 Å². The highest BCUT2D eigenvalue weighted by Crippen LogP contribution is 2.22. The van der Waals surface area contributed by atoms with E-state index in [0.29, 0.717) is 17.4 Å². The van der Waals surface area contributed by atoms with Crippen LogP contribution in [0, 0.1) is 5.41 Å². The number of nitrogens with one attached hydrogen (secondary N) is 1. The minimum Gasteiger partial charge on any atom is -0.389 e. The number of hydrogen-bond donors (Lipinski definition) is 3. The monoisotopic (exact) mass is 302 g/mol. The molecule has 0 aliphatic heterocycles. The van der Waals surface area contributed by atoms with Crippen molar-refractivity contribution in [3.8, 4) is 0 Å². The van der Waals surface area contributed by atoms with E-state index in [-0.39, 0.29) is 5.91 Å². The molecule has 0 atom stereocenters. The van der Waals surface area contributed by atoms with Gasteiger partial charge < -0.3 is 16.8 Å². The quantitative estimate of drug-likeness (QED) is 0.732. The molecule has 0 saturated heterocycles. The van der Waals surface area contributed by atoms with Crippen molar-refractivity contribution in [3.05, 3.63) is 35.9 Å². The Morgan fingerprint density at radius 1 is 1.33 bits per heavy atom. The Kier molecular flexibility index (Phi) is 4.09. The van der Waals surface area contributed by atoms with Gasteiger partial charge in [0.15, 0.2) is 0 Å². The molecule has 0 bridgehead atoms. The van der Waals surface area contributed by atoms with Crippen LogP contribution in [-0.2, 0) is 4.79 Å². The van der Waals surface area contributed by atoms with E-state index in [0.717, 1.165) is 16.5 Å². The number of anilines is 1. The van der Waals surface area contributed by atoms with Gasteiger partial charge in [-0.25, -0.2) is 4.98 Å². The largest absolute Gasteiger partial charge is 0.389 e. The van der Waals surface area contributed by atoms with Crippen LogP contribution in [0.4, 0.5) is 5.82 Å². The molecule has 0 fully saturated rings. The summed E-state index contributed by atoms with van der Waals surface area (Å²) in [4.78, 5) is 16.2. The molecule has 21 heavy (non-hydrogen) atoms. The van der Waals surface area contributed by atoms with Crippen LogP contribution in [0.15, 0.2) is 30.3 Å². The summed E-state index contributed by atoms with van der Waals surface area (Å²) in [5, 5.41) is 4.03. The molecule has 1 amide bonds. The van der Waals surface area contributed by atoms with Crippen molar-refractivity contribution in [2.24, 2.45) is 16.9 Å². The van der Waals surface area contributed by atoms with Gasteiger partial charge in [-0.05, 0) is 26.0 Å². The van der Waals surface area contributed by atoms with Crippen LogP contribution >= 0.6 is 12.2 Å². The van der Waals surface area contributed by atoms with Crippen LogP contribution in [0.25, 0.3) is 10.9 Å². The van der Waals surface area contributed by atoms with Gasteiger partial charge in [-0.15, -0.1) is 0 Å². The second-order valence-corrected chi connectivity index (χ2v) is 5.98. The third-order valence-corrected chi connectivity index (χ3v) is 3.58.